The fourth-order valence-electron chi connectivity index (χ4n) is 2.22. The van der Waals surface area contributed by atoms with E-state index >= 15 is 0 Å². The molecule has 1 aromatic carbocycles. The number of thiophene rings is 1. The summed E-state index contributed by atoms with van der Waals surface area (Å²) in [5.41, 5.74) is 1.12. The topological polar surface area (TPSA) is 43.4 Å². The third-order valence-corrected chi connectivity index (χ3v) is 4.94. The van der Waals surface area contributed by atoms with Crippen LogP contribution in [0.1, 0.15) is 24.4 Å². The molecule has 3 aromatic rings. The van der Waals surface area contributed by atoms with E-state index in [9.17, 15) is 0 Å². The Morgan fingerprint density at radius 2 is 2.05 bits per heavy atom. The molecule has 6 heteroatoms. The van der Waals surface area contributed by atoms with Crippen molar-refractivity contribution in [3.8, 4) is 10.8 Å². The Morgan fingerprint density at radius 3 is 2.77 bits per heavy atom. The van der Waals surface area contributed by atoms with E-state index in [4.69, 9.17) is 16.0 Å². The van der Waals surface area contributed by atoms with Gasteiger partial charge in [0, 0.05) is 10.6 Å². The highest BCUT2D eigenvalue weighted by molar-refractivity contribution is 7.13. The van der Waals surface area contributed by atoms with E-state index in [2.05, 4.69) is 24.2 Å². The molecule has 2 aromatic heterocycles. The van der Waals surface area contributed by atoms with Gasteiger partial charge in [0.05, 0.1) is 11.9 Å². The van der Waals surface area contributed by atoms with Crippen LogP contribution in [0.15, 0.2) is 46.2 Å². The molecule has 4 nitrogen and oxygen atoms in total. The van der Waals surface area contributed by atoms with E-state index in [-0.39, 0.29) is 6.04 Å². The number of quaternary nitrogens is 1. The minimum Gasteiger partial charge on any atom is -0.414 e. The number of benzene rings is 1. The third kappa shape index (κ3) is 3.21. The molecule has 114 valence electrons. The van der Waals surface area contributed by atoms with Gasteiger partial charge in [0.1, 0.15) is 6.54 Å². The first-order valence-electron chi connectivity index (χ1n) is 7.08. The number of halogens is 1. The lowest BCUT2D eigenvalue weighted by Gasteiger charge is -2.19. The van der Waals surface area contributed by atoms with Crippen molar-refractivity contribution in [2.75, 3.05) is 7.05 Å². The second kappa shape index (κ2) is 6.60. The van der Waals surface area contributed by atoms with Gasteiger partial charge >= 0.3 is 0 Å². The van der Waals surface area contributed by atoms with Gasteiger partial charge < -0.3 is 9.32 Å². The molecule has 22 heavy (non-hydrogen) atoms. The van der Waals surface area contributed by atoms with Crippen LogP contribution in [0, 0.1) is 0 Å². The van der Waals surface area contributed by atoms with Gasteiger partial charge in [0.25, 0.3) is 11.8 Å². The summed E-state index contributed by atoms with van der Waals surface area (Å²) in [5, 5.41) is 11.1. The van der Waals surface area contributed by atoms with Crippen LogP contribution in [0.5, 0.6) is 0 Å². The van der Waals surface area contributed by atoms with Crippen molar-refractivity contribution < 1.29 is 9.32 Å². The van der Waals surface area contributed by atoms with Crippen molar-refractivity contribution in [1.29, 1.82) is 0 Å². The molecule has 0 spiro atoms. The zero-order valence-corrected chi connectivity index (χ0v) is 14.0. The van der Waals surface area contributed by atoms with Crippen molar-refractivity contribution in [2.45, 2.75) is 19.5 Å². The quantitative estimate of drug-likeness (QED) is 0.779. The summed E-state index contributed by atoms with van der Waals surface area (Å²) in [4.78, 5) is 2.24. The number of nitrogens with one attached hydrogen (secondary N) is 1. The van der Waals surface area contributed by atoms with E-state index in [1.54, 1.807) is 11.3 Å². The van der Waals surface area contributed by atoms with Crippen molar-refractivity contribution in [3.05, 3.63) is 58.3 Å². The molecular weight excluding hydrogens is 318 g/mol. The average molecular weight is 335 g/mol. The molecule has 0 fully saturated rings. The molecule has 0 saturated carbocycles. The molecule has 1 unspecified atom stereocenters. The molecule has 0 radical (unpaired) electrons. The number of hydrogen-bond acceptors (Lipinski definition) is 4. The summed E-state index contributed by atoms with van der Waals surface area (Å²) in [6.07, 6.45) is 0. The Labute approximate surface area is 138 Å². The molecule has 0 aliphatic rings. The van der Waals surface area contributed by atoms with Crippen LogP contribution in [0.3, 0.4) is 0 Å². The van der Waals surface area contributed by atoms with Gasteiger partial charge in [-0.3, -0.25) is 0 Å². The lowest BCUT2D eigenvalue weighted by Crippen LogP contribution is -3.07. The largest absolute Gasteiger partial charge is 0.414 e. The zero-order chi connectivity index (χ0) is 15.5. The maximum absolute atomic E-state index is 6.23. The molecule has 0 amide bonds. The van der Waals surface area contributed by atoms with Crippen molar-refractivity contribution in [3.63, 3.8) is 0 Å². The van der Waals surface area contributed by atoms with Gasteiger partial charge in [-0.25, -0.2) is 0 Å². The molecule has 0 saturated heterocycles. The summed E-state index contributed by atoms with van der Waals surface area (Å²) in [7, 11) is 2.10. The second-order valence-electron chi connectivity index (χ2n) is 5.26. The van der Waals surface area contributed by atoms with Crippen LogP contribution in [-0.2, 0) is 6.54 Å². The smallest absolute Gasteiger partial charge is 0.274 e. The Hall–Kier alpha value is -1.69. The van der Waals surface area contributed by atoms with Gasteiger partial charge in [0.15, 0.2) is 6.04 Å². The van der Waals surface area contributed by atoms with Crippen molar-refractivity contribution in [2.24, 2.45) is 0 Å². The van der Waals surface area contributed by atoms with Crippen molar-refractivity contribution >= 4 is 22.9 Å². The van der Waals surface area contributed by atoms with Gasteiger partial charge in [0.2, 0.25) is 0 Å². The fraction of sp³-hybridized carbons (Fsp3) is 0.250. The highest BCUT2D eigenvalue weighted by Crippen LogP contribution is 2.24. The molecule has 1 N–H and O–H groups in total. The monoisotopic (exact) mass is 334 g/mol. The Morgan fingerprint density at radius 1 is 1.23 bits per heavy atom. The van der Waals surface area contributed by atoms with Crippen LogP contribution in [0.4, 0.5) is 0 Å². The first-order chi connectivity index (χ1) is 10.6. The fourth-order valence-corrected chi connectivity index (χ4v) is 3.06. The molecule has 2 heterocycles. The lowest BCUT2D eigenvalue weighted by atomic mass is 10.2. The summed E-state index contributed by atoms with van der Waals surface area (Å²) >= 11 is 7.82. The van der Waals surface area contributed by atoms with E-state index < -0.39 is 0 Å². The SMILES string of the molecule is C[C@@H](c1nnc(-c2cccs2)o1)[NH+](C)Cc1ccccc1Cl. The molecule has 0 aliphatic carbocycles. The van der Waals surface area contributed by atoms with Crippen LogP contribution in [0.2, 0.25) is 5.02 Å². The standard InChI is InChI=1S/C16H16ClN3OS/c1-11(20(2)10-12-6-3-4-7-13(12)17)15-18-19-16(21-15)14-8-5-9-22-14/h3-9,11H,10H2,1-2H3/p+1/t11-/m0/s1. The first kappa shape index (κ1) is 15.2. The summed E-state index contributed by atoms with van der Waals surface area (Å²) in [6.45, 7) is 2.88. The first-order valence-corrected chi connectivity index (χ1v) is 8.34. The Kier molecular flexibility index (Phi) is 4.57. The predicted octanol–water partition coefficient (Wildman–Crippen LogP) is 3.23. The highest BCUT2D eigenvalue weighted by atomic mass is 35.5. The van der Waals surface area contributed by atoms with E-state index in [1.807, 2.05) is 41.8 Å². The molecular formula is C16H17ClN3OS+. The average Bonchev–Trinajstić information content (AvgIpc) is 3.19. The number of hydrogen-bond donors (Lipinski definition) is 1. The summed E-state index contributed by atoms with van der Waals surface area (Å²) in [6, 6.07) is 11.9. The van der Waals surface area contributed by atoms with Gasteiger partial charge in [-0.1, -0.05) is 35.9 Å². The van der Waals surface area contributed by atoms with E-state index in [1.165, 1.54) is 4.90 Å². The molecule has 2 atom stereocenters. The van der Waals surface area contributed by atoms with Crippen molar-refractivity contribution in [1.82, 2.24) is 10.2 Å². The van der Waals surface area contributed by atoms with Crippen LogP contribution >= 0.6 is 22.9 Å². The summed E-state index contributed by atoms with van der Waals surface area (Å²) < 4.78 is 5.81. The van der Waals surface area contributed by atoms with Gasteiger partial charge in [-0.2, -0.15) is 0 Å². The minimum atomic E-state index is 0.0949. The number of aromatic nitrogens is 2. The predicted molar refractivity (Wildman–Crippen MR) is 88.1 cm³/mol. The van der Waals surface area contributed by atoms with Gasteiger partial charge in [-0.05, 0) is 24.4 Å². The van der Waals surface area contributed by atoms with Crippen LogP contribution in [0.25, 0.3) is 10.8 Å². The van der Waals surface area contributed by atoms with Crippen LogP contribution < -0.4 is 4.90 Å². The maximum atomic E-state index is 6.23. The van der Waals surface area contributed by atoms with Crippen LogP contribution in [-0.4, -0.2) is 17.2 Å². The molecule has 0 aliphatic heterocycles. The number of rotatable bonds is 5. The highest BCUT2D eigenvalue weighted by Gasteiger charge is 2.23. The van der Waals surface area contributed by atoms with E-state index in [0.29, 0.717) is 11.8 Å². The van der Waals surface area contributed by atoms with E-state index in [0.717, 1.165) is 22.0 Å². The minimum absolute atomic E-state index is 0.0949. The Balaban J connectivity index is 1.73. The summed E-state index contributed by atoms with van der Waals surface area (Å²) in [5.74, 6) is 1.23. The number of nitrogens with zero attached hydrogens (tertiary/aromatic N) is 2. The normalized spacial score (nSPS) is 14.0. The lowest BCUT2D eigenvalue weighted by molar-refractivity contribution is -0.925. The molecule has 0 bridgehead atoms. The molecule has 3 rings (SSSR count). The second-order valence-corrected chi connectivity index (χ2v) is 6.61. The van der Waals surface area contributed by atoms with Gasteiger partial charge in [-0.15, -0.1) is 21.5 Å². The third-order valence-electron chi connectivity index (χ3n) is 3.71. The maximum Gasteiger partial charge on any atom is 0.274 e. The zero-order valence-electron chi connectivity index (χ0n) is 12.4. The Bertz CT molecular complexity index is 741.